The van der Waals surface area contributed by atoms with Gasteiger partial charge in [0.05, 0.1) is 28.4 Å². The van der Waals surface area contributed by atoms with E-state index in [2.05, 4.69) is 42.5 Å². The van der Waals surface area contributed by atoms with Gasteiger partial charge in [-0.2, -0.15) is 4.98 Å². The topological polar surface area (TPSA) is 144 Å². The van der Waals surface area contributed by atoms with Crippen LogP contribution in [0, 0.1) is 0 Å². The number of anilines is 3. The van der Waals surface area contributed by atoms with Crippen molar-refractivity contribution in [3.8, 4) is 5.75 Å². The monoisotopic (exact) mass is 632 g/mol. The van der Waals surface area contributed by atoms with Crippen LogP contribution in [-0.2, 0) is 16.4 Å². The molecular weight excluding hydrogens is 601 g/mol. The Morgan fingerprint density at radius 3 is 2.50 bits per heavy atom. The van der Waals surface area contributed by atoms with Crippen molar-refractivity contribution in [1.82, 2.24) is 29.4 Å². The zero-order valence-electron chi connectivity index (χ0n) is 24.3. The van der Waals surface area contributed by atoms with Crippen molar-refractivity contribution in [2.75, 3.05) is 37.4 Å². The second kappa shape index (κ2) is 12.7. The van der Waals surface area contributed by atoms with Gasteiger partial charge >= 0.3 is 0 Å². The van der Waals surface area contributed by atoms with Crippen molar-refractivity contribution >= 4 is 49.5 Å². The number of thiazole rings is 1. The summed E-state index contributed by atoms with van der Waals surface area (Å²) < 4.78 is 33.8. The Morgan fingerprint density at radius 2 is 1.77 bits per heavy atom. The third-order valence-corrected chi connectivity index (χ3v) is 10.1. The molecule has 1 fully saturated rings. The molecule has 44 heavy (non-hydrogen) atoms. The van der Waals surface area contributed by atoms with Gasteiger partial charge < -0.3 is 20.3 Å². The second-order valence-electron chi connectivity index (χ2n) is 10.5. The molecular formula is C30H32N8O4S2. The van der Waals surface area contributed by atoms with Crippen LogP contribution in [0.4, 0.5) is 17.3 Å². The van der Waals surface area contributed by atoms with Crippen LogP contribution < -0.4 is 20.9 Å². The zero-order chi connectivity index (χ0) is 30.7. The molecule has 2 N–H and O–H groups in total. The summed E-state index contributed by atoms with van der Waals surface area (Å²) in [6, 6.07) is 12.8. The third-order valence-electron chi connectivity index (χ3n) is 7.44. The van der Waals surface area contributed by atoms with Crippen LogP contribution in [0.3, 0.4) is 0 Å². The Balaban J connectivity index is 1.30. The van der Waals surface area contributed by atoms with Gasteiger partial charge in [0.1, 0.15) is 5.65 Å². The number of hydrogen-bond acceptors (Lipinski definition) is 12. The minimum atomic E-state index is -3.94. The van der Waals surface area contributed by atoms with E-state index in [-0.39, 0.29) is 28.8 Å². The van der Waals surface area contributed by atoms with Gasteiger partial charge in [-0.25, -0.2) is 18.4 Å². The number of fused-ring (bicyclic) bond motifs is 1. The van der Waals surface area contributed by atoms with Gasteiger partial charge in [-0.15, -0.1) is 11.3 Å². The van der Waals surface area contributed by atoms with Crippen LogP contribution in [0.15, 0.2) is 81.3 Å². The molecule has 0 saturated carbocycles. The predicted octanol–water partition coefficient (Wildman–Crippen LogP) is 4.17. The molecule has 0 bridgehead atoms. The molecule has 0 spiro atoms. The molecule has 1 aliphatic rings. The van der Waals surface area contributed by atoms with Gasteiger partial charge in [0, 0.05) is 41.4 Å². The Kier molecular flexibility index (Phi) is 8.55. The lowest BCUT2D eigenvalue weighted by atomic mass is 10.1. The van der Waals surface area contributed by atoms with E-state index in [1.165, 1.54) is 34.6 Å². The number of sulfone groups is 1. The fourth-order valence-corrected chi connectivity index (χ4v) is 7.56. The number of ether oxygens (including phenoxy) is 1. The maximum Gasteiger partial charge on any atom is 0.294 e. The SMILES string of the molecule is CCOc1cc2cnc(Nc3ccc(NC4CCN(C)CC4)cc3)nc2n(Cc2scnc2S(=O)(=O)c2ccncc2)c1=O. The molecule has 228 valence electrons. The Labute approximate surface area is 258 Å². The number of pyridine rings is 2. The standard InChI is InChI=1S/C30H32N8O4S2/c1-3-42-25-16-20-17-32-30(35-22-6-4-21(5-7-22)34-23-10-14-37(2)15-11-23)36-27(20)38(29(25)39)18-26-28(33-19-43-26)44(40,41)24-8-12-31-13-9-24/h4-9,12-13,16-17,19,23,34H,3,10-11,14-15,18H2,1-2H3,(H,32,35,36). The fourth-order valence-electron chi connectivity index (χ4n) is 5.12. The van der Waals surface area contributed by atoms with Crippen molar-refractivity contribution in [3.05, 3.63) is 81.8 Å². The van der Waals surface area contributed by atoms with E-state index in [4.69, 9.17) is 4.74 Å². The summed E-state index contributed by atoms with van der Waals surface area (Å²) in [6.45, 7) is 4.16. The smallest absolute Gasteiger partial charge is 0.294 e. The predicted molar refractivity (Wildman–Crippen MR) is 170 cm³/mol. The number of nitrogens with one attached hydrogen (secondary N) is 2. The molecule has 6 rings (SSSR count). The molecule has 0 unspecified atom stereocenters. The summed E-state index contributed by atoms with van der Waals surface area (Å²) in [4.78, 5) is 33.6. The van der Waals surface area contributed by atoms with Gasteiger partial charge in [0.15, 0.2) is 10.8 Å². The summed E-state index contributed by atoms with van der Waals surface area (Å²) in [5.41, 5.74) is 3.18. The van der Waals surface area contributed by atoms with E-state index < -0.39 is 15.4 Å². The normalized spacial score (nSPS) is 14.5. The molecule has 4 aromatic heterocycles. The number of rotatable bonds is 10. The van der Waals surface area contributed by atoms with Crippen LogP contribution in [0.2, 0.25) is 0 Å². The first-order chi connectivity index (χ1) is 21.3. The van der Waals surface area contributed by atoms with E-state index in [0.717, 1.165) is 48.6 Å². The highest BCUT2D eigenvalue weighted by Crippen LogP contribution is 2.28. The molecule has 5 heterocycles. The summed E-state index contributed by atoms with van der Waals surface area (Å²) in [7, 11) is -1.79. The number of aromatic nitrogens is 5. The average Bonchev–Trinajstić information content (AvgIpc) is 3.51. The van der Waals surface area contributed by atoms with Gasteiger partial charge in [0.2, 0.25) is 15.8 Å². The first-order valence-corrected chi connectivity index (χ1v) is 16.6. The number of likely N-dealkylation sites (tertiary alicyclic amines) is 1. The molecule has 0 radical (unpaired) electrons. The summed E-state index contributed by atoms with van der Waals surface area (Å²) in [5, 5.41) is 7.28. The number of nitrogens with zero attached hydrogens (tertiary/aromatic N) is 6. The lowest BCUT2D eigenvalue weighted by Crippen LogP contribution is -2.36. The van der Waals surface area contributed by atoms with Crippen LogP contribution in [0.5, 0.6) is 5.75 Å². The van der Waals surface area contributed by atoms with Crippen molar-refractivity contribution in [2.24, 2.45) is 0 Å². The Bertz CT molecular complexity index is 1920. The van der Waals surface area contributed by atoms with Crippen LogP contribution >= 0.6 is 11.3 Å². The van der Waals surface area contributed by atoms with Crippen molar-refractivity contribution in [2.45, 2.75) is 42.3 Å². The molecule has 0 aliphatic carbocycles. The lowest BCUT2D eigenvalue weighted by Gasteiger charge is -2.30. The summed E-state index contributed by atoms with van der Waals surface area (Å²) in [6.07, 6.45) is 6.64. The molecule has 0 atom stereocenters. The Morgan fingerprint density at radius 1 is 1.05 bits per heavy atom. The third kappa shape index (κ3) is 6.27. The van der Waals surface area contributed by atoms with Crippen LogP contribution in [-0.4, -0.2) is 70.6 Å². The Hall–Kier alpha value is -4.40. The molecule has 0 amide bonds. The van der Waals surface area contributed by atoms with Crippen molar-refractivity contribution in [1.29, 1.82) is 0 Å². The molecule has 12 nitrogen and oxygen atoms in total. The molecule has 1 saturated heterocycles. The van der Waals surface area contributed by atoms with E-state index in [1.807, 2.05) is 24.3 Å². The highest BCUT2D eigenvalue weighted by Gasteiger charge is 2.26. The number of piperidine rings is 1. The zero-order valence-corrected chi connectivity index (χ0v) is 25.9. The first kappa shape index (κ1) is 29.7. The maximum absolute atomic E-state index is 13.6. The fraction of sp³-hybridized carbons (Fsp3) is 0.300. The number of hydrogen-bond donors (Lipinski definition) is 2. The largest absolute Gasteiger partial charge is 0.488 e. The lowest BCUT2D eigenvalue weighted by molar-refractivity contribution is 0.264. The molecule has 14 heteroatoms. The summed E-state index contributed by atoms with van der Waals surface area (Å²) >= 11 is 1.15. The van der Waals surface area contributed by atoms with E-state index in [1.54, 1.807) is 19.2 Å². The van der Waals surface area contributed by atoms with Crippen molar-refractivity contribution in [3.63, 3.8) is 0 Å². The van der Waals surface area contributed by atoms with Crippen molar-refractivity contribution < 1.29 is 13.2 Å². The first-order valence-electron chi connectivity index (χ1n) is 14.2. The summed E-state index contributed by atoms with van der Waals surface area (Å²) in [5.74, 6) is 0.417. The number of benzene rings is 1. The molecule has 1 aromatic carbocycles. The van der Waals surface area contributed by atoms with Crippen LogP contribution in [0.25, 0.3) is 11.0 Å². The average molecular weight is 633 g/mol. The highest BCUT2D eigenvalue weighted by atomic mass is 32.2. The molecule has 5 aromatic rings. The minimum Gasteiger partial charge on any atom is -0.488 e. The molecule has 1 aliphatic heterocycles. The maximum atomic E-state index is 13.6. The van der Waals surface area contributed by atoms with Gasteiger partial charge in [0.25, 0.3) is 5.56 Å². The van der Waals surface area contributed by atoms with E-state index >= 15 is 0 Å². The van der Waals surface area contributed by atoms with E-state index in [9.17, 15) is 13.2 Å². The van der Waals surface area contributed by atoms with Crippen LogP contribution in [0.1, 0.15) is 24.6 Å². The second-order valence-corrected chi connectivity index (χ2v) is 13.3. The van der Waals surface area contributed by atoms with E-state index in [0.29, 0.717) is 27.9 Å². The quantitative estimate of drug-likeness (QED) is 0.229. The highest BCUT2D eigenvalue weighted by molar-refractivity contribution is 7.91. The minimum absolute atomic E-state index is 0.0706. The van der Waals surface area contributed by atoms with Gasteiger partial charge in [-0.1, -0.05) is 0 Å². The van der Waals surface area contributed by atoms with Gasteiger partial charge in [-0.05, 0) is 82.4 Å². The van der Waals surface area contributed by atoms with Gasteiger partial charge in [-0.3, -0.25) is 14.3 Å².